The van der Waals surface area contributed by atoms with Crippen LogP contribution in [-0.4, -0.2) is 16.9 Å². The van der Waals surface area contributed by atoms with Crippen molar-refractivity contribution in [2.45, 2.75) is 32.4 Å². The summed E-state index contributed by atoms with van der Waals surface area (Å²) >= 11 is 1.38. The lowest BCUT2D eigenvalue weighted by Crippen LogP contribution is -2.25. The van der Waals surface area contributed by atoms with Gasteiger partial charge in [0, 0.05) is 6.04 Å². The number of aryl methyl sites for hydroxylation is 1. The van der Waals surface area contributed by atoms with E-state index in [0.717, 1.165) is 29.4 Å². The number of thiazole rings is 1. The Morgan fingerprint density at radius 1 is 1.58 bits per heavy atom. The van der Waals surface area contributed by atoms with Crippen molar-refractivity contribution < 1.29 is 9.21 Å². The Labute approximate surface area is 115 Å². The van der Waals surface area contributed by atoms with Gasteiger partial charge in [-0.15, -0.1) is 0 Å². The zero-order valence-corrected chi connectivity index (χ0v) is 11.4. The van der Waals surface area contributed by atoms with Crippen LogP contribution in [0.15, 0.2) is 22.8 Å². The van der Waals surface area contributed by atoms with Crippen LogP contribution in [-0.2, 0) is 6.54 Å². The molecule has 19 heavy (non-hydrogen) atoms. The number of aromatic nitrogens is 1. The maximum absolute atomic E-state index is 12.0. The molecule has 100 valence electrons. The zero-order valence-electron chi connectivity index (χ0n) is 10.6. The van der Waals surface area contributed by atoms with Gasteiger partial charge in [0.1, 0.15) is 10.6 Å². The molecule has 0 spiro atoms. The van der Waals surface area contributed by atoms with Crippen LogP contribution in [0, 0.1) is 6.92 Å². The van der Waals surface area contributed by atoms with Crippen LogP contribution in [0.1, 0.15) is 34.0 Å². The Hall–Kier alpha value is -1.82. The number of furan rings is 1. The molecule has 0 radical (unpaired) electrons. The average Bonchev–Trinajstić information content (AvgIpc) is 2.92. The highest BCUT2D eigenvalue weighted by molar-refractivity contribution is 7.17. The summed E-state index contributed by atoms with van der Waals surface area (Å²) in [6, 6.07) is 4.11. The molecule has 5 nitrogen and oxygen atoms in total. The van der Waals surface area contributed by atoms with Crippen LogP contribution in [0.3, 0.4) is 0 Å². The van der Waals surface area contributed by atoms with Crippen molar-refractivity contribution in [3.8, 4) is 0 Å². The van der Waals surface area contributed by atoms with E-state index in [1.54, 1.807) is 6.26 Å². The fourth-order valence-corrected chi connectivity index (χ4v) is 2.60. The summed E-state index contributed by atoms with van der Waals surface area (Å²) in [7, 11) is 0. The molecule has 1 amide bonds. The summed E-state index contributed by atoms with van der Waals surface area (Å²) in [5.41, 5.74) is 0.769. The van der Waals surface area contributed by atoms with Crippen molar-refractivity contribution in [1.82, 2.24) is 10.3 Å². The van der Waals surface area contributed by atoms with Crippen LogP contribution in [0.25, 0.3) is 0 Å². The smallest absolute Gasteiger partial charge is 0.263 e. The van der Waals surface area contributed by atoms with Crippen molar-refractivity contribution >= 4 is 22.4 Å². The van der Waals surface area contributed by atoms with Crippen LogP contribution in [0.2, 0.25) is 0 Å². The quantitative estimate of drug-likeness (QED) is 0.881. The van der Waals surface area contributed by atoms with E-state index in [4.69, 9.17) is 4.42 Å². The third-order valence-electron chi connectivity index (χ3n) is 2.91. The van der Waals surface area contributed by atoms with Gasteiger partial charge in [0.25, 0.3) is 5.91 Å². The molecule has 0 aliphatic heterocycles. The van der Waals surface area contributed by atoms with Gasteiger partial charge in [-0.1, -0.05) is 11.3 Å². The van der Waals surface area contributed by atoms with E-state index < -0.39 is 0 Å². The molecule has 1 fully saturated rings. The van der Waals surface area contributed by atoms with E-state index in [1.807, 2.05) is 19.1 Å². The van der Waals surface area contributed by atoms with Crippen LogP contribution in [0.5, 0.6) is 0 Å². The molecular weight excluding hydrogens is 262 g/mol. The van der Waals surface area contributed by atoms with Gasteiger partial charge in [-0.25, -0.2) is 4.98 Å². The van der Waals surface area contributed by atoms with Crippen molar-refractivity contribution in [2.24, 2.45) is 0 Å². The van der Waals surface area contributed by atoms with Crippen molar-refractivity contribution in [3.05, 3.63) is 34.7 Å². The molecule has 1 aliphatic carbocycles. The van der Waals surface area contributed by atoms with Gasteiger partial charge in [0.15, 0.2) is 5.13 Å². The maximum Gasteiger partial charge on any atom is 0.263 e. The first-order chi connectivity index (χ1) is 9.22. The van der Waals surface area contributed by atoms with Gasteiger partial charge in [-0.05, 0) is 31.9 Å². The number of hydrogen-bond acceptors (Lipinski definition) is 5. The Balaban J connectivity index is 1.64. The summed E-state index contributed by atoms with van der Waals surface area (Å²) in [5.74, 6) is 0.834. The lowest BCUT2D eigenvalue weighted by Gasteiger charge is -2.00. The van der Waals surface area contributed by atoms with Gasteiger partial charge < -0.3 is 15.1 Å². The average molecular weight is 277 g/mol. The lowest BCUT2D eigenvalue weighted by atomic mass is 10.4. The summed E-state index contributed by atoms with van der Waals surface area (Å²) in [4.78, 5) is 17.0. The molecule has 0 atom stereocenters. The van der Waals surface area contributed by atoms with Crippen LogP contribution in [0.4, 0.5) is 5.13 Å². The highest BCUT2D eigenvalue weighted by Crippen LogP contribution is 2.25. The molecule has 6 heteroatoms. The van der Waals surface area contributed by atoms with Gasteiger partial charge in [-0.3, -0.25) is 4.79 Å². The highest BCUT2D eigenvalue weighted by Gasteiger charge is 2.25. The Bertz CT molecular complexity index is 573. The fourth-order valence-electron chi connectivity index (χ4n) is 1.74. The molecule has 1 aliphatic rings. The largest absolute Gasteiger partial charge is 0.467 e. The molecule has 0 bridgehead atoms. The Kier molecular flexibility index (Phi) is 3.25. The number of anilines is 1. The number of carbonyl (C=O) groups is 1. The molecule has 1 saturated carbocycles. The standard InChI is InChI=1S/C13H15N3O2S/c1-8-11(12(17)16-9-4-5-9)19-13(15-8)14-7-10-3-2-6-18-10/h2-3,6,9H,4-5,7H2,1H3,(H,14,15)(H,16,17). The van der Waals surface area contributed by atoms with Gasteiger partial charge in [-0.2, -0.15) is 0 Å². The number of nitrogens with zero attached hydrogens (tertiary/aromatic N) is 1. The molecule has 0 unspecified atom stereocenters. The molecule has 3 rings (SSSR count). The van der Waals surface area contributed by atoms with E-state index in [0.29, 0.717) is 17.5 Å². The first kappa shape index (κ1) is 12.2. The molecule has 0 aromatic carbocycles. The van der Waals surface area contributed by atoms with Crippen molar-refractivity contribution in [1.29, 1.82) is 0 Å². The van der Waals surface area contributed by atoms with Crippen molar-refractivity contribution in [3.63, 3.8) is 0 Å². The number of amides is 1. The Morgan fingerprint density at radius 3 is 3.11 bits per heavy atom. The molecule has 2 aromatic rings. The van der Waals surface area contributed by atoms with Gasteiger partial charge in [0.05, 0.1) is 18.5 Å². The minimum Gasteiger partial charge on any atom is -0.467 e. The van der Waals surface area contributed by atoms with E-state index >= 15 is 0 Å². The van der Waals surface area contributed by atoms with E-state index in [-0.39, 0.29) is 5.91 Å². The molecular formula is C13H15N3O2S. The highest BCUT2D eigenvalue weighted by atomic mass is 32.1. The first-order valence-corrected chi connectivity index (χ1v) is 7.08. The second-order valence-electron chi connectivity index (χ2n) is 4.61. The number of rotatable bonds is 5. The molecule has 0 saturated heterocycles. The maximum atomic E-state index is 12.0. The van der Waals surface area contributed by atoms with E-state index in [1.165, 1.54) is 11.3 Å². The van der Waals surface area contributed by atoms with E-state index in [9.17, 15) is 4.79 Å². The SMILES string of the molecule is Cc1nc(NCc2ccco2)sc1C(=O)NC1CC1. The summed E-state index contributed by atoms with van der Waals surface area (Å²) < 4.78 is 5.24. The monoisotopic (exact) mass is 277 g/mol. The predicted molar refractivity (Wildman–Crippen MR) is 73.4 cm³/mol. The first-order valence-electron chi connectivity index (χ1n) is 6.27. The second-order valence-corrected chi connectivity index (χ2v) is 5.61. The fraction of sp³-hybridized carbons (Fsp3) is 0.385. The summed E-state index contributed by atoms with van der Waals surface area (Å²) in [6.07, 6.45) is 3.82. The molecule has 2 aromatic heterocycles. The number of hydrogen-bond donors (Lipinski definition) is 2. The predicted octanol–water partition coefficient (Wildman–Crippen LogP) is 2.55. The molecule has 2 N–H and O–H groups in total. The third kappa shape index (κ3) is 2.96. The minimum absolute atomic E-state index is 0.0106. The van der Waals surface area contributed by atoms with Crippen LogP contribution < -0.4 is 10.6 Å². The number of nitrogens with one attached hydrogen (secondary N) is 2. The van der Waals surface area contributed by atoms with Gasteiger partial charge >= 0.3 is 0 Å². The van der Waals surface area contributed by atoms with Crippen molar-refractivity contribution in [2.75, 3.05) is 5.32 Å². The van der Waals surface area contributed by atoms with E-state index in [2.05, 4.69) is 15.6 Å². The second kappa shape index (κ2) is 5.05. The molecule has 2 heterocycles. The minimum atomic E-state index is -0.0106. The lowest BCUT2D eigenvalue weighted by molar-refractivity contribution is 0.0954. The number of carbonyl (C=O) groups excluding carboxylic acids is 1. The summed E-state index contributed by atoms with van der Waals surface area (Å²) in [5, 5.41) is 6.89. The zero-order chi connectivity index (χ0) is 13.2. The topological polar surface area (TPSA) is 67.2 Å². The Morgan fingerprint density at radius 2 is 2.42 bits per heavy atom. The third-order valence-corrected chi connectivity index (χ3v) is 4.02. The van der Waals surface area contributed by atoms with Crippen LogP contribution >= 0.6 is 11.3 Å². The normalized spacial score (nSPS) is 14.4. The summed E-state index contributed by atoms with van der Waals surface area (Å²) in [6.45, 7) is 2.43. The van der Waals surface area contributed by atoms with Gasteiger partial charge in [0.2, 0.25) is 0 Å².